The number of rotatable bonds is 9. The van der Waals surface area contributed by atoms with Gasteiger partial charge >= 0.3 is 0 Å². The maximum Gasteiger partial charge on any atom is 0.151 e. The molecular formula is C33H22Br8O. The van der Waals surface area contributed by atoms with Gasteiger partial charge in [0, 0.05) is 41.3 Å². The third-order valence-electron chi connectivity index (χ3n) is 6.67. The zero-order valence-corrected chi connectivity index (χ0v) is 34.7. The maximum atomic E-state index is 11.2. The molecule has 1 nitrogen and oxygen atoms in total. The van der Waals surface area contributed by atoms with Crippen molar-refractivity contribution in [3.05, 3.63) is 129 Å². The molecule has 216 valence electrons. The van der Waals surface area contributed by atoms with Gasteiger partial charge in [0.25, 0.3) is 0 Å². The van der Waals surface area contributed by atoms with E-state index in [2.05, 4.69) is 195 Å². The highest BCUT2D eigenvalue weighted by molar-refractivity contribution is 9.11. The fraction of sp³-hybridized carbons (Fsp3) is 0.121. The van der Waals surface area contributed by atoms with E-state index in [1.54, 1.807) is 0 Å². The van der Waals surface area contributed by atoms with Gasteiger partial charge in [0.1, 0.15) is 0 Å². The van der Waals surface area contributed by atoms with Crippen LogP contribution in [-0.2, 0) is 19.3 Å². The Balaban J connectivity index is 1.50. The number of aryl methyl sites for hydroxylation is 3. The molecule has 4 aromatic rings. The van der Waals surface area contributed by atoms with E-state index in [1.807, 2.05) is 12.1 Å². The highest BCUT2D eigenvalue weighted by Gasteiger charge is 2.11. The molecule has 0 aliphatic rings. The number of hydrogen-bond donors (Lipinski definition) is 0. The van der Waals surface area contributed by atoms with Gasteiger partial charge in [-0.3, -0.25) is 4.79 Å². The average Bonchev–Trinajstić information content (AvgIpc) is 2.95. The normalized spacial score (nSPS) is 11.6. The molecule has 0 fully saturated rings. The van der Waals surface area contributed by atoms with Crippen LogP contribution in [0.25, 0.3) is 24.3 Å². The smallest absolute Gasteiger partial charge is 0.151 e. The summed E-state index contributed by atoms with van der Waals surface area (Å²) < 4.78 is 8.03. The summed E-state index contributed by atoms with van der Waals surface area (Å²) in [6.07, 6.45) is 11.9. The molecule has 0 bridgehead atoms. The minimum absolute atomic E-state index is 0.634. The van der Waals surface area contributed by atoms with Crippen LogP contribution in [0.5, 0.6) is 0 Å². The molecule has 0 aliphatic carbocycles. The van der Waals surface area contributed by atoms with Crippen molar-refractivity contribution in [1.82, 2.24) is 0 Å². The molecule has 0 spiro atoms. The standard InChI is InChI=1S/C33H22Br8O/c1-2-18-9-27(35)19(10-26(18)34)3-4-20-11-29(37)21(12-28(20)36)5-6-22-13-31(39)23(14-30(22)38)7-8-24-15-33(41)25(17-42)16-32(24)40/h3-6,9-17H,2,7-8H2,1H3/b4-3-,6-5-. The quantitative estimate of drug-likeness (QED) is 0.121. The monoisotopic (exact) mass is 1070 g/mol. The van der Waals surface area contributed by atoms with Crippen molar-refractivity contribution in [2.24, 2.45) is 0 Å². The highest BCUT2D eigenvalue weighted by Crippen LogP contribution is 2.34. The molecule has 0 amide bonds. The van der Waals surface area contributed by atoms with E-state index in [-0.39, 0.29) is 0 Å². The molecule has 4 aromatic carbocycles. The minimum atomic E-state index is 0.634. The van der Waals surface area contributed by atoms with Crippen LogP contribution in [0.15, 0.2) is 84.3 Å². The van der Waals surface area contributed by atoms with Gasteiger partial charge in [0.2, 0.25) is 0 Å². The number of carbonyl (C=O) groups excluding carboxylic acids is 1. The van der Waals surface area contributed by atoms with E-state index in [1.165, 1.54) is 11.1 Å². The Hall–Kier alpha value is -0.130. The van der Waals surface area contributed by atoms with Crippen LogP contribution in [0.2, 0.25) is 0 Å². The summed E-state index contributed by atoms with van der Waals surface area (Å²) in [5.74, 6) is 0. The van der Waals surface area contributed by atoms with Gasteiger partial charge in [-0.2, -0.15) is 0 Å². The lowest BCUT2D eigenvalue weighted by Crippen LogP contribution is -1.96. The zero-order valence-electron chi connectivity index (χ0n) is 22.1. The Morgan fingerprint density at radius 1 is 0.429 bits per heavy atom. The molecule has 4 rings (SSSR count). The van der Waals surface area contributed by atoms with Crippen LogP contribution >= 0.6 is 127 Å². The summed E-state index contributed by atoms with van der Waals surface area (Å²) in [4.78, 5) is 11.2. The van der Waals surface area contributed by atoms with Crippen molar-refractivity contribution in [3.8, 4) is 0 Å². The van der Waals surface area contributed by atoms with E-state index < -0.39 is 0 Å². The number of benzene rings is 4. The van der Waals surface area contributed by atoms with Crippen LogP contribution in [-0.4, -0.2) is 6.29 Å². The Morgan fingerprint density at radius 2 is 0.714 bits per heavy atom. The first-order valence-electron chi connectivity index (χ1n) is 12.7. The van der Waals surface area contributed by atoms with Gasteiger partial charge < -0.3 is 0 Å². The average molecular weight is 1070 g/mol. The van der Waals surface area contributed by atoms with Gasteiger partial charge in [-0.1, -0.05) is 159 Å². The summed E-state index contributed by atoms with van der Waals surface area (Å²) in [5, 5.41) is 0. The molecular weight excluding hydrogens is 1050 g/mol. The van der Waals surface area contributed by atoms with Crippen LogP contribution in [0.4, 0.5) is 0 Å². The molecule has 0 N–H and O–H groups in total. The van der Waals surface area contributed by atoms with Crippen LogP contribution in [0.3, 0.4) is 0 Å². The second-order valence-electron chi connectivity index (χ2n) is 9.43. The fourth-order valence-corrected chi connectivity index (χ4v) is 8.55. The summed E-state index contributed by atoms with van der Waals surface area (Å²) in [6, 6.07) is 16.7. The first-order chi connectivity index (χ1) is 20.0. The molecule has 0 saturated heterocycles. The van der Waals surface area contributed by atoms with Crippen molar-refractivity contribution in [2.45, 2.75) is 26.2 Å². The van der Waals surface area contributed by atoms with E-state index in [4.69, 9.17) is 0 Å². The van der Waals surface area contributed by atoms with Crippen molar-refractivity contribution in [3.63, 3.8) is 0 Å². The summed E-state index contributed by atoms with van der Waals surface area (Å²) in [6.45, 7) is 2.15. The molecule has 0 aromatic heterocycles. The fourth-order valence-electron chi connectivity index (χ4n) is 4.27. The summed E-state index contributed by atoms with van der Waals surface area (Å²) in [5.41, 5.74) is 8.58. The zero-order chi connectivity index (χ0) is 30.6. The van der Waals surface area contributed by atoms with E-state index in [0.29, 0.717) is 5.56 Å². The Morgan fingerprint density at radius 3 is 1.10 bits per heavy atom. The topological polar surface area (TPSA) is 17.1 Å². The van der Waals surface area contributed by atoms with E-state index >= 15 is 0 Å². The van der Waals surface area contributed by atoms with Crippen LogP contribution in [0.1, 0.15) is 56.2 Å². The molecule has 42 heavy (non-hydrogen) atoms. The number of halogens is 8. The maximum absolute atomic E-state index is 11.2. The van der Waals surface area contributed by atoms with E-state index in [0.717, 1.165) is 89.1 Å². The molecule has 0 aliphatic heterocycles. The lowest BCUT2D eigenvalue weighted by atomic mass is 10.0. The SMILES string of the molecule is CCc1cc(Br)c(/C=C\c2cc(Br)c(/C=C\c3cc(Br)c(CCc4cc(Br)c(C=O)cc4Br)cc3Br)cc2Br)cc1Br. The third-order valence-corrected chi connectivity index (χ3v) is 12.3. The molecule has 9 heteroatoms. The molecule has 0 atom stereocenters. The van der Waals surface area contributed by atoms with Crippen LogP contribution in [0, 0.1) is 0 Å². The third kappa shape index (κ3) is 8.77. The van der Waals surface area contributed by atoms with Crippen molar-refractivity contribution >= 4 is 158 Å². The molecule has 0 saturated carbocycles. The van der Waals surface area contributed by atoms with Gasteiger partial charge in [-0.05, 0) is 107 Å². The van der Waals surface area contributed by atoms with Gasteiger partial charge in [0.05, 0.1) is 0 Å². The van der Waals surface area contributed by atoms with Crippen molar-refractivity contribution in [1.29, 1.82) is 0 Å². The Labute approximate surface area is 314 Å². The Bertz CT molecular complexity index is 1720. The number of aldehydes is 1. The predicted octanol–water partition coefficient (Wildman–Crippen LogP) is 14.3. The van der Waals surface area contributed by atoms with E-state index in [9.17, 15) is 4.79 Å². The number of hydrogen-bond acceptors (Lipinski definition) is 1. The first-order valence-corrected chi connectivity index (χ1v) is 19.1. The van der Waals surface area contributed by atoms with Crippen LogP contribution < -0.4 is 0 Å². The summed E-state index contributed by atoms with van der Waals surface area (Å²) >= 11 is 29.5. The lowest BCUT2D eigenvalue weighted by molar-refractivity contribution is 0.112. The Kier molecular flexibility index (Phi) is 13.2. The molecule has 0 radical (unpaired) electrons. The second-order valence-corrected chi connectivity index (χ2v) is 16.3. The lowest BCUT2D eigenvalue weighted by Gasteiger charge is -2.11. The van der Waals surface area contributed by atoms with Crippen molar-refractivity contribution in [2.75, 3.05) is 0 Å². The van der Waals surface area contributed by atoms with Gasteiger partial charge in [0.15, 0.2) is 6.29 Å². The largest absolute Gasteiger partial charge is 0.298 e. The first kappa shape index (κ1) is 34.7. The number of carbonyl (C=O) groups is 1. The van der Waals surface area contributed by atoms with Gasteiger partial charge in [-0.25, -0.2) is 0 Å². The van der Waals surface area contributed by atoms with Gasteiger partial charge in [-0.15, -0.1) is 0 Å². The second kappa shape index (κ2) is 15.9. The van der Waals surface area contributed by atoms with Crippen molar-refractivity contribution < 1.29 is 4.79 Å². The minimum Gasteiger partial charge on any atom is -0.298 e. The molecule has 0 unspecified atom stereocenters. The predicted molar refractivity (Wildman–Crippen MR) is 207 cm³/mol. The highest BCUT2D eigenvalue weighted by atomic mass is 79.9. The molecule has 0 heterocycles. The summed E-state index contributed by atoms with van der Waals surface area (Å²) in [7, 11) is 0.